The number of aromatic nitrogens is 1. The SMILES string of the molecule is COc1ccc(CN2C(=S)NC(c3ccccn3)C2c2ccc(-c3ccc(Cl)c(Cl)c3)o2)cc1. The normalized spacial score (nSPS) is 17.6. The zero-order valence-corrected chi connectivity index (χ0v) is 20.6. The summed E-state index contributed by atoms with van der Waals surface area (Å²) in [5.74, 6) is 2.29. The van der Waals surface area contributed by atoms with Crippen LogP contribution in [0.1, 0.15) is 29.1 Å². The second-order valence-corrected chi connectivity index (χ2v) is 9.13. The summed E-state index contributed by atoms with van der Waals surface area (Å²) < 4.78 is 11.7. The van der Waals surface area contributed by atoms with Gasteiger partial charge in [0.1, 0.15) is 23.3 Å². The minimum absolute atomic E-state index is 0.167. The maximum absolute atomic E-state index is 6.36. The molecule has 1 aliphatic rings. The zero-order valence-electron chi connectivity index (χ0n) is 18.2. The molecule has 8 heteroatoms. The van der Waals surface area contributed by atoms with Crippen LogP contribution in [-0.4, -0.2) is 22.1 Å². The Hall–Kier alpha value is -3.06. The third kappa shape index (κ3) is 4.49. The zero-order chi connectivity index (χ0) is 23.7. The van der Waals surface area contributed by atoms with Crippen LogP contribution in [0.2, 0.25) is 10.0 Å². The van der Waals surface area contributed by atoms with E-state index in [-0.39, 0.29) is 12.1 Å². The second-order valence-electron chi connectivity index (χ2n) is 7.93. The lowest BCUT2D eigenvalue weighted by Crippen LogP contribution is -2.29. The summed E-state index contributed by atoms with van der Waals surface area (Å²) in [7, 11) is 1.66. The topological polar surface area (TPSA) is 50.5 Å². The Bertz CT molecular complexity index is 1310. The van der Waals surface area contributed by atoms with Crippen molar-refractivity contribution in [1.29, 1.82) is 0 Å². The van der Waals surface area contributed by atoms with Crippen LogP contribution in [0.5, 0.6) is 5.75 Å². The molecule has 3 heterocycles. The Morgan fingerprint density at radius 2 is 1.85 bits per heavy atom. The highest BCUT2D eigenvalue weighted by molar-refractivity contribution is 7.80. The van der Waals surface area contributed by atoms with Gasteiger partial charge in [0.25, 0.3) is 0 Å². The molecule has 1 fully saturated rings. The van der Waals surface area contributed by atoms with Crippen LogP contribution in [-0.2, 0) is 6.54 Å². The van der Waals surface area contributed by atoms with Gasteiger partial charge in [-0.3, -0.25) is 4.98 Å². The summed E-state index contributed by atoms with van der Waals surface area (Å²) in [5, 5.41) is 5.07. The summed E-state index contributed by atoms with van der Waals surface area (Å²) in [6.07, 6.45) is 1.78. The summed E-state index contributed by atoms with van der Waals surface area (Å²) in [6.45, 7) is 0.604. The Labute approximate surface area is 213 Å². The molecule has 1 aliphatic heterocycles. The Morgan fingerprint density at radius 3 is 2.56 bits per heavy atom. The lowest BCUT2D eigenvalue weighted by atomic mass is 10.0. The number of methoxy groups -OCH3 is 1. The van der Waals surface area contributed by atoms with Gasteiger partial charge in [0.05, 0.1) is 28.9 Å². The molecule has 0 amide bonds. The van der Waals surface area contributed by atoms with Crippen LogP contribution in [0.4, 0.5) is 0 Å². The highest BCUT2D eigenvalue weighted by Gasteiger charge is 2.41. The first-order chi connectivity index (χ1) is 16.5. The molecule has 34 heavy (non-hydrogen) atoms. The number of ether oxygens (including phenoxy) is 1. The van der Waals surface area contributed by atoms with Crippen molar-refractivity contribution in [2.75, 3.05) is 7.11 Å². The molecule has 1 N–H and O–H groups in total. The summed E-state index contributed by atoms with van der Waals surface area (Å²) in [6, 6.07) is 22.8. The van der Waals surface area contributed by atoms with Crippen LogP contribution in [0, 0.1) is 0 Å². The number of hydrogen-bond acceptors (Lipinski definition) is 4. The second kappa shape index (κ2) is 9.66. The van der Waals surface area contributed by atoms with Crippen molar-refractivity contribution in [3.8, 4) is 17.1 Å². The molecule has 0 spiro atoms. The van der Waals surface area contributed by atoms with E-state index in [0.717, 1.165) is 28.3 Å². The van der Waals surface area contributed by atoms with E-state index in [2.05, 4.69) is 15.2 Å². The van der Waals surface area contributed by atoms with Gasteiger partial charge in [-0.15, -0.1) is 0 Å². The monoisotopic (exact) mass is 509 g/mol. The number of nitrogens with one attached hydrogen (secondary N) is 1. The van der Waals surface area contributed by atoms with Gasteiger partial charge in [-0.1, -0.05) is 41.4 Å². The molecule has 1 saturated heterocycles. The first kappa shape index (κ1) is 22.7. The molecule has 4 aromatic rings. The fraction of sp³-hybridized carbons (Fsp3) is 0.154. The molecule has 0 aliphatic carbocycles. The molecule has 0 radical (unpaired) electrons. The molecule has 2 aromatic carbocycles. The molecule has 0 bridgehead atoms. The van der Waals surface area contributed by atoms with E-state index < -0.39 is 0 Å². The van der Waals surface area contributed by atoms with Gasteiger partial charge >= 0.3 is 0 Å². The molecule has 5 rings (SSSR count). The van der Waals surface area contributed by atoms with Crippen LogP contribution in [0.15, 0.2) is 83.4 Å². The third-order valence-corrected chi connectivity index (χ3v) is 6.92. The van der Waals surface area contributed by atoms with Gasteiger partial charge in [0.2, 0.25) is 0 Å². The van der Waals surface area contributed by atoms with Crippen LogP contribution < -0.4 is 10.1 Å². The van der Waals surface area contributed by atoms with Gasteiger partial charge in [0.15, 0.2) is 5.11 Å². The molecule has 2 atom stereocenters. The van der Waals surface area contributed by atoms with Gasteiger partial charge < -0.3 is 19.4 Å². The molecule has 5 nitrogen and oxygen atoms in total. The average Bonchev–Trinajstić information content (AvgIpc) is 3.47. The highest BCUT2D eigenvalue weighted by atomic mass is 35.5. The number of thiocarbonyl (C=S) groups is 1. The Kier molecular flexibility index (Phi) is 6.46. The fourth-order valence-corrected chi connectivity index (χ4v) is 4.73. The first-order valence-electron chi connectivity index (χ1n) is 10.7. The van der Waals surface area contributed by atoms with E-state index in [9.17, 15) is 0 Å². The van der Waals surface area contributed by atoms with Crippen molar-refractivity contribution < 1.29 is 9.15 Å². The standard InChI is InChI=1S/C26H21Cl2N3O2S/c1-32-18-8-5-16(6-9-18)15-31-25(24(30-26(31)34)21-4-2-3-13-29-21)23-12-11-22(33-23)17-7-10-19(27)20(28)14-17/h2-14,24-25H,15H2,1H3,(H,30,34). The summed E-state index contributed by atoms with van der Waals surface area (Å²) >= 11 is 18.1. The van der Waals surface area contributed by atoms with Gasteiger partial charge in [-0.25, -0.2) is 0 Å². The average molecular weight is 510 g/mol. The van der Waals surface area contributed by atoms with E-state index >= 15 is 0 Å². The van der Waals surface area contributed by atoms with Crippen molar-refractivity contribution >= 4 is 40.5 Å². The number of furan rings is 1. The first-order valence-corrected chi connectivity index (χ1v) is 11.9. The number of rotatable bonds is 6. The quantitative estimate of drug-likeness (QED) is 0.287. The number of benzene rings is 2. The molecule has 2 unspecified atom stereocenters. The molecular formula is C26H21Cl2N3O2S. The number of hydrogen-bond donors (Lipinski definition) is 1. The van der Waals surface area contributed by atoms with Crippen molar-refractivity contribution in [1.82, 2.24) is 15.2 Å². The summed E-state index contributed by atoms with van der Waals surface area (Å²) in [4.78, 5) is 6.72. The van der Waals surface area contributed by atoms with Crippen molar-refractivity contribution in [3.05, 3.63) is 106 Å². The van der Waals surface area contributed by atoms with E-state index in [1.54, 1.807) is 25.4 Å². The molecular weight excluding hydrogens is 489 g/mol. The van der Waals surface area contributed by atoms with Crippen molar-refractivity contribution in [2.45, 2.75) is 18.6 Å². The maximum atomic E-state index is 6.36. The van der Waals surface area contributed by atoms with E-state index in [0.29, 0.717) is 27.5 Å². The number of nitrogens with zero attached hydrogens (tertiary/aromatic N) is 2. The number of pyridine rings is 1. The molecule has 172 valence electrons. The fourth-order valence-electron chi connectivity index (χ4n) is 4.13. The lowest BCUT2D eigenvalue weighted by molar-refractivity contribution is 0.269. The van der Waals surface area contributed by atoms with Crippen LogP contribution in [0.3, 0.4) is 0 Å². The predicted molar refractivity (Wildman–Crippen MR) is 138 cm³/mol. The van der Waals surface area contributed by atoms with Crippen LogP contribution in [0.25, 0.3) is 11.3 Å². The lowest BCUT2D eigenvalue weighted by Gasteiger charge is -2.26. The number of halogens is 2. The van der Waals surface area contributed by atoms with Crippen LogP contribution >= 0.6 is 35.4 Å². The van der Waals surface area contributed by atoms with E-state index in [1.807, 2.05) is 60.7 Å². The predicted octanol–water partition coefficient (Wildman–Crippen LogP) is 6.83. The van der Waals surface area contributed by atoms with Gasteiger partial charge in [-0.05, 0) is 72.4 Å². The smallest absolute Gasteiger partial charge is 0.170 e. The largest absolute Gasteiger partial charge is 0.497 e. The Morgan fingerprint density at radius 1 is 1.03 bits per heavy atom. The third-order valence-electron chi connectivity index (χ3n) is 5.83. The minimum atomic E-state index is -0.193. The van der Waals surface area contributed by atoms with Gasteiger partial charge in [0, 0.05) is 18.3 Å². The molecule has 2 aromatic heterocycles. The van der Waals surface area contributed by atoms with Crippen molar-refractivity contribution in [3.63, 3.8) is 0 Å². The molecule has 0 saturated carbocycles. The van der Waals surface area contributed by atoms with E-state index in [1.165, 1.54) is 0 Å². The van der Waals surface area contributed by atoms with Crippen molar-refractivity contribution in [2.24, 2.45) is 0 Å². The Balaban J connectivity index is 1.52. The van der Waals surface area contributed by atoms with Gasteiger partial charge in [-0.2, -0.15) is 0 Å². The summed E-state index contributed by atoms with van der Waals surface area (Å²) in [5.41, 5.74) is 2.85. The highest BCUT2D eigenvalue weighted by Crippen LogP contribution is 2.41. The maximum Gasteiger partial charge on any atom is 0.170 e. The minimum Gasteiger partial charge on any atom is -0.497 e. The van der Waals surface area contributed by atoms with E-state index in [4.69, 9.17) is 44.6 Å².